The van der Waals surface area contributed by atoms with Crippen LogP contribution in [0.2, 0.25) is 0 Å². The number of allylic oxidation sites excluding steroid dienone is 2. The topological polar surface area (TPSA) is 32.3 Å². The van der Waals surface area contributed by atoms with Crippen molar-refractivity contribution in [3.05, 3.63) is 23.8 Å². The molecule has 1 atom stereocenters. The maximum Gasteiger partial charge on any atom is 0.177 e. The van der Waals surface area contributed by atoms with Gasteiger partial charge in [0.1, 0.15) is 0 Å². The molecule has 3 heteroatoms. The van der Waals surface area contributed by atoms with Gasteiger partial charge in [-0.15, -0.1) is 0 Å². The van der Waals surface area contributed by atoms with Crippen LogP contribution in [-0.4, -0.2) is 10.7 Å². The first-order chi connectivity index (χ1) is 5.95. The first kappa shape index (κ1) is 12.6. The van der Waals surface area contributed by atoms with Gasteiger partial charge in [0.25, 0.3) is 0 Å². The second-order valence-electron chi connectivity index (χ2n) is 3.82. The second kappa shape index (κ2) is 6.11. The van der Waals surface area contributed by atoms with Gasteiger partial charge in [-0.2, -0.15) is 0 Å². The SMILES string of the molecule is CC=CC(C)(C)C.OC1NC=CS1. The van der Waals surface area contributed by atoms with Gasteiger partial charge in [-0.25, -0.2) is 0 Å². The summed E-state index contributed by atoms with van der Waals surface area (Å²) in [5.41, 5.74) is -0.0284. The third-order valence-electron chi connectivity index (χ3n) is 1.18. The van der Waals surface area contributed by atoms with Crippen LogP contribution in [0.5, 0.6) is 0 Å². The highest BCUT2D eigenvalue weighted by Gasteiger charge is 2.01. The van der Waals surface area contributed by atoms with Crippen LogP contribution in [-0.2, 0) is 0 Å². The summed E-state index contributed by atoms with van der Waals surface area (Å²) in [4.78, 5) is 0. The van der Waals surface area contributed by atoms with Crippen molar-refractivity contribution in [2.45, 2.75) is 33.3 Å². The number of hydrogen-bond acceptors (Lipinski definition) is 3. The van der Waals surface area contributed by atoms with E-state index in [0.717, 1.165) is 0 Å². The van der Waals surface area contributed by atoms with E-state index in [0.29, 0.717) is 5.41 Å². The Labute approximate surface area is 85.1 Å². The third-order valence-corrected chi connectivity index (χ3v) is 1.87. The molecule has 0 aromatic heterocycles. The van der Waals surface area contributed by atoms with Crippen molar-refractivity contribution in [1.29, 1.82) is 0 Å². The van der Waals surface area contributed by atoms with Gasteiger partial charge in [0.2, 0.25) is 0 Å². The molecule has 0 saturated carbocycles. The van der Waals surface area contributed by atoms with Crippen LogP contribution in [0.1, 0.15) is 27.7 Å². The molecule has 1 aliphatic heterocycles. The fraction of sp³-hybridized carbons (Fsp3) is 0.600. The van der Waals surface area contributed by atoms with Gasteiger partial charge in [-0.3, -0.25) is 0 Å². The minimum absolute atomic E-state index is 0.370. The van der Waals surface area contributed by atoms with Crippen molar-refractivity contribution >= 4 is 11.8 Å². The molecule has 13 heavy (non-hydrogen) atoms. The van der Waals surface area contributed by atoms with E-state index >= 15 is 0 Å². The number of hydrogen-bond donors (Lipinski definition) is 2. The van der Waals surface area contributed by atoms with Crippen molar-refractivity contribution in [2.75, 3.05) is 0 Å². The zero-order valence-electron chi connectivity index (χ0n) is 8.74. The van der Waals surface area contributed by atoms with E-state index < -0.39 is 5.56 Å². The standard InChI is InChI=1S/C7H14.C3H5NOS/c1-5-6-7(2,3)4;5-3-4-1-2-6-3/h5-6H,1-4H3;1-5H. The lowest BCUT2D eigenvalue weighted by molar-refractivity contribution is 0.247. The van der Waals surface area contributed by atoms with E-state index in [2.05, 4.69) is 38.2 Å². The summed E-state index contributed by atoms with van der Waals surface area (Å²) in [6, 6.07) is 0. The van der Waals surface area contributed by atoms with E-state index in [1.807, 2.05) is 12.3 Å². The molecule has 1 unspecified atom stereocenters. The maximum absolute atomic E-state index is 8.52. The summed E-state index contributed by atoms with van der Waals surface area (Å²) < 4.78 is 0. The highest BCUT2D eigenvalue weighted by atomic mass is 32.2. The van der Waals surface area contributed by atoms with Gasteiger partial charge < -0.3 is 10.4 Å². The Morgan fingerprint density at radius 3 is 2.15 bits per heavy atom. The van der Waals surface area contributed by atoms with Crippen molar-refractivity contribution < 1.29 is 5.11 Å². The average Bonchev–Trinajstić information content (AvgIpc) is 2.38. The number of rotatable bonds is 0. The lowest BCUT2D eigenvalue weighted by Gasteiger charge is -2.09. The molecule has 0 fully saturated rings. The molecule has 1 aliphatic rings. The molecule has 1 rings (SSSR count). The van der Waals surface area contributed by atoms with E-state index in [-0.39, 0.29) is 0 Å². The zero-order valence-corrected chi connectivity index (χ0v) is 9.56. The molecule has 0 amide bonds. The van der Waals surface area contributed by atoms with Crippen molar-refractivity contribution in [1.82, 2.24) is 5.32 Å². The monoisotopic (exact) mass is 201 g/mol. The Balaban J connectivity index is 0.000000223. The minimum Gasteiger partial charge on any atom is -0.364 e. The fourth-order valence-electron chi connectivity index (χ4n) is 0.775. The Morgan fingerprint density at radius 2 is 2.08 bits per heavy atom. The quantitative estimate of drug-likeness (QED) is 0.591. The number of aliphatic hydroxyl groups excluding tert-OH is 1. The first-order valence-corrected chi connectivity index (χ1v) is 5.28. The molecule has 0 spiro atoms. The minimum atomic E-state index is -0.398. The van der Waals surface area contributed by atoms with Crippen LogP contribution in [0, 0.1) is 5.41 Å². The summed E-state index contributed by atoms with van der Waals surface area (Å²) in [5, 5.41) is 13.0. The maximum atomic E-state index is 8.52. The zero-order chi connectivity index (χ0) is 10.3. The fourth-order valence-corrected chi connectivity index (χ4v) is 1.24. The molecular weight excluding hydrogens is 182 g/mol. The molecule has 2 N–H and O–H groups in total. The molecule has 0 aromatic rings. The summed E-state index contributed by atoms with van der Waals surface area (Å²) >= 11 is 1.36. The lowest BCUT2D eigenvalue weighted by Crippen LogP contribution is -2.13. The number of aliphatic hydroxyl groups is 1. The molecule has 0 aromatic carbocycles. The van der Waals surface area contributed by atoms with Gasteiger partial charge in [0, 0.05) is 6.20 Å². The molecule has 76 valence electrons. The van der Waals surface area contributed by atoms with Crippen LogP contribution >= 0.6 is 11.8 Å². The molecule has 1 heterocycles. The van der Waals surface area contributed by atoms with E-state index in [1.54, 1.807) is 6.20 Å². The number of nitrogens with one attached hydrogen (secondary N) is 1. The molecule has 0 aliphatic carbocycles. The Kier molecular flexibility index (Phi) is 5.91. The van der Waals surface area contributed by atoms with Crippen LogP contribution in [0.3, 0.4) is 0 Å². The van der Waals surface area contributed by atoms with Crippen LogP contribution < -0.4 is 5.32 Å². The van der Waals surface area contributed by atoms with Crippen molar-refractivity contribution in [3.63, 3.8) is 0 Å². The molecule has 0 radical (unpaired) electrons. The smallest absolute Gasteiger partial charge is 0.177 e. The van der Waals surface area contributed by atoms with E-state index in [9.17, 15) is 0 Å². The first-order valence-electron chi connectivity index (χ1n) is 4.34. The number of thioether (sulfide) groups is 1. The molecular formula is C10H19NOS. The lowest BCUT2D eigenvalue weighted by atomic mass is 9.97. The summed E-state index contributed by atoms with van der Waals surface area (Å²) in [7, 11) is 0. The summed E-state index contributed by atoms with van der Waals surface area (Å²) in [6.45, 7) is 8.61. The molecule has 0 saturated heterocycles. The molecule has 0 bridgehead atoms. The van der Waals surface area contributed by atoms with E-state index in [1.165, 1.54) is 11.8 Å². The Hall–Kier alpha value is -0.410. The van der Waals surface area contributed by atoms with Gasteiger partial charge in [0.15, 0.2) is 5.56 Å². The van der Waals surface area contributed by atoms with Gasteiger partial charge >= 0.3 is 0 Å². The highest BCUT2D eigenvalue weighted by molar-refractivity contribution is 8.02. The van der Waals surface area contributed by atoms with Gasteiger partial charge in [-0.1, -0.05) is 44.7 Å². The van der Waals surface area contributed by atoms with Gasteiger partial charge in [0.05, 0.1) is 0 Å². The Morgan fingerprint density at radius 1 is 1.46 bits per heavy atom. The summed E-state index contributed by atoms with van der Waals surface area (Å²) in [6.07, 6.45) is 5.99. The van der Waals surface area contributed by atoms with Crippen LogP contribution in [0.25, 0.3) is 0 Å². The van der Waals surface area contributed by atoms with E-state index in [4.69, 9.17) is 5.11 Å². The normalized spacial score (nSPS) is 21.2. The van der Waals surface area contributed by atoms with Crippen molar-refractivity contribution in [3.8, 4) is 0 Å². The van der Waals surface area contributed by atoms with Crippen LogP contribution in [0.15, 0.2) is 23.8 Å². The predicted octanol–water partition coefficient (Wildman–Crippen LogP) is 2.68. The average molecular weight is 201 g/mol. The van der Waals surface area contributed by atoms with Crippen LogP contribution in [0.4, 0.5) is 0 Å². The third kappa shape index (κ3) is 9.50. The Bertz CT molecular complexity index is 174. The van der Waals surface area contributed by atoms with Gasteiger partial charge in [-0.05, 0) is 17.7 Å². The highest BCUT2D eigenvalue weighted by Crippen LogP contribution is 2.13. The summed E-state index contributed by atoms with van der Waals surface area (Å²) in [5.74, 6) is 0. The largest absolute Gasteiger partial charge is 0.364 e. The molecule has 2 nitrogen and oxygen atoms in total. The van der Waals surface area contributed by atoms with Crippen molar-refractivity contribution in [2.24, 2.45) is 5.41 Å². The second-order valence-corrected chi connectivity index (χ2v) is 4.81. The predicted molar refractivity (Wildman–Crippen MR) is 60.1 cm³/mol.